The molecule has 0 bridgehead atoms. The number of amides is 1. The highest BCUT2D eigenvalue weighted by molar-refractivity contribution is 6.33. The van der Waals surface area contributed by atoms with Crippen LogP contribution in [0.25, 0.3) is 5.69 Å². The lowest BCUT2D eigenvalue weighted by Crippen LogP contribution is -2.31. The van der Waals surface area contributed by atoms with Gasteiger partial charge in [0.2, 0.25) is 5.88 Å². The summed E-state index contributed by atoms with van der Waals surface area (Å²) in [5, 5.41) is 14.6. The van der Waals surface area contributed by atoms with E-state index < -0.39 is 23.0 Å². The molecular formula is C18H12Cl2N4O4. The standard InChI is InChI=1S/C18H12Cl2N4O4/c19-10-4-3-5-11(8-10)24-17(27)13(15(25)22-18(24)28)9-21-23-16(26)12-6-1-2-7-14(12)20/h1-9,27H,(H,23,26)(H,22,25,28)/b21-9+. The van der Waals surface area contributed by atoms with E-state index in [4.69, 9.17) is 23.2 Å². The van der Waals surface area contributed by atoms with Gasteiger partial charge in [-0.1, -0.05) is 41.4 Å². The van der Waals surface area contributed by atoms with Crippen molar-refractivity contribution in [2.75, 3.05) is 0 Å². The number of nitrogens with zero attached hydrogens (tertiary/aromatic N) is 2. The van der Waals surface area contributed by atoms with Crippen molar-refractivity contribution in [3.05, 3.63) is 90.5 Å². The molecule has 0 spiro atoms. The highest BCUT2D eigenvalue weighted by atomic mass is 35.5. The monoisotopic (exact) mass is 418 g/mol. The number of halogens is 2. The normalized spacial score (nSPS) is 10.9. The topological polar surface area (TPSA) is 117 Å². The predicted molar refractivity (Wildman–Crippen MR) is 106 cm³/mol. The first-order valence-corrected chi connectivity index (χ1v) is 8.56. The lowest BCUT2D eigenvalue weighted by molar-refractivity contribution is 0.0955. The van der Waals surface area contributed by atoms with E-state index in [-0.39, 0.29) is 21.8 Å². The van der Waals surface area contributed by atoms with E-state index in [1.807, 2.05) is 0 Å². The molecule has 0 atom stereocenters. The molecule has 0 saturated heterocycles. The Bertz CT molecular complexity index is 1200. The van der Waals surface area contributed by atoms with E-state index in [9.17, 15) is 19.5 Å². The number of carbonyl (C=O) groups is 1. The van der Waals surface area contributed by atoms with E-state index in [0.29, 0.717) is 5.02 Å². The maximum absolute atomic E-state index is 12.1. The van der Waals surface area contributed by atoms with Gasteiger partial charge in [0.15, 0.2) is 0 Å². The predicted octanol–water partition coefficient (Wildman–Crippen LogP) is 2.30. The summed E-state index contributed by atoms with van der Waals surface area (Å²) in [5.74, 6) is -1.27. The van der Waals surface area contributed by atoms with Crippen molar-refractivity contribution in [1.29, 1.82) is 0 Å². The number of hydrogen-bond donors (Lipinski definition) is 3. The number of rotatable bonds is 4. The molecule has 3 N–H and O–H groups in total. The number of nitrogens with one attached hydrogen (secondary N) is 2. The minimum Gasteiger partial charge on any atom is -0.493 e. The molecule has 0 unspecified atom stereocenters. The van der Waals surface area contributed by atoms with Crippen molar-refractivity contribution in [2.24, 2.45) is 5.10 Å². The second kappa shape index (κ2) is 8.12. The van der Waals surface area contributed by atoms with Gasteiger partial charge in [0.05, 0.1) is 22.5 Å². The molecule has 0 fully saturated rings. The van der Waals surface area contributed by atoms with E-state index in [2.05, 4.69) is 15.5 Å². The first-order valence-electron chi connectivity index (χ1n) is 7.80. The summed E-state index contributed by atoms with van der Waals surface area (Å²) in [6.45, 7) is 0. The van der Waals surface area contributed by atoms with Crippen LogP contribution in [0.5, 0.6) is 5.88 Å². The largest absolute Gasteiger partial charge is 0.493 e. The van der Waals surface area contributed by atoms with Crippen LogP contribution in [0.1, 0.15) is 15.9 Å². The number of carbonyl (C=O) groups excluding carboxylic acids is 1. The first-order chi connectivity index (χ1) is 13.4. The molecule has 142 valence electrons. The quantitative estimate of drug-likeness (QED) is 0.445. The summed E-state index contributed by atoms with van der Waals surface area (Å²) in [6.07, 6.45) is 0.920. The summed E-state index contributed by atoms with van der Waals surface area (Å²) in [4.78, 5) is 38.3. The highest BCUT2D eigenvalue weighted by Gasteiger charge is 2.15. The van der Waals surface area contributed by atoms with Crippen LogP contribution in [-0.4, -0.2) is 26.8 Å². The molecule has 8 nitrogen and oxygen atoms in total. The molecule has 0 radical (unpaired) electrons. The number of hydrogen-bond acceptors (Lipinski definition) is 5. The van der Waals surface area contributed by atoms with Gasteiger partial charge in [-0.05, 0) is 30.3 Å². The Balaban J connectivity index is 1.94. The van der Waals surface area contributed by atoms with Crippen molar-refractivity contribution >= 4 is 35.3 Å². The number of aromatic amines is 1. The Morgan fingerprint density at radius 2 is 1.89 bits per heavy atom. The third-order valence-electron chi connectivity index (χ3n) is 3.67. The smallest absolute Gasteiger partial charge is 0.335 e. The van der Waals surface area contributed by atoms with E-state index in [0.717, 1.165) is 10.8 Å². The molecule has 0 aliphatic rings. The molecule has 1 amide bonds. The Kier molecular flexibility index (Phi) is 5.62. The summed E-state index contributed by atoms with van der Waals surface area (Å²) < 4.78 is 0.852. The third kappa shape index (κ3) is 3.98. The van der Waals surface area contributed by atoms with Gasteiger partial charge in [-0.25, -0.2) is 14.8 Å². The molecule has 1 aromatic heterocycles. The Morgan fingerprint density at radius 1 is 1.14 bits per heavy atom. The van der Waals surface area contributed by atoms with Gasteiger partial charge in [0.25, 0.3) is 11.5 Å². The SMILES string of the molecule is O=C(N/N=C/c1c(O)n(-c2cccc(Cl)c2)c(=O)[nH]c1=O)c1ccccc1Cl. The van der Waals surface area contributed by atoms with Crippen molar-refractivity contribution < 1.29 is 9.90 Å². The fourth-order valence-corrected chi connectivity index (χ4v) is 2.78. The maximum atomic E-state index is 12.1. The lowest BCUT2D eigenvalue weighted by atomic mass is 10.2. The van der Waals surface area contributed by atoms with Crippen molar-refractivity contribution in [3.63, 3.8) is 0 Å². The van der Waals surface area contributed by atoms with Crippen molar-refractivity contribution in [3.8, 4) is 11.6 Å². The maximum Gasteiger partial charge on any atom is 0.335 e. The minimum atomic E-state index is -0.878. The third-order valence-corrected chi connectivity index (χ3v) is 4.23. The molecule has 0 aliphatic heterocycles. The number of aromatic hydroxyl groups is 1. The number of aromatic nitrogens is 2. The van der Waals surface area contributed by atoms with Crippen LogP contribution in [0.15, 0.2) is 63.2 Å². The molecule has 2 aromatic carbocycles. The van der Waals surface area contributed by atoms with Crippen LogP contribution in [0.2, 0.25) is 10.0 Å². The van der Waals surface area contributed by atoms with Gasteiger partial charge < -0.3 is 5.11 Å². The van der Waals surface area contributed by atoms with Crippen LogP contribution in [-0.2, 0) is 0 Å². The molecule has 0 saturated carbocycles. The van der Waals surface area contributed by atoms with Gasteiger partial charge in [-0.3, -0.25) is 14.6 Å². The van der Waals surface area contributed by atoms with Gasteiger partial charge in [-0.15, -0.1) is 0 Å². The summed E-state index contributed by atoms with van der Waals surface area (Å²) in [7, 11) is 0. The van der Waals surface area contributed by atoms with Crippen LogP contribution in [0.4, 0.5) is 0 Å². The van der Waals surface area contributed by atoms with Crippen LogP contribution in [0, 0.1) is 0 Å². The minimum absolute atomic E-state index is 0.184. The fraction of sp³-hybridized carbons (Fsp3) is 0. The number of H-pyrrole nitrogens is 1. The van der Waals surface area contributed by atoms with Crippen LogP contribution in [0.3, 0.4) is 0 Å². The van der Waals surface area contributed by atoms with Crippen LogP contribution >= 0.6 is 23.2 Å². The van der Waals surface area contributed by atoms with Crippen molar-refractivity contribution in [2.45, 2.75) is 0 Å². The molecule has 1 heterocycles. The molecule has 3 aromatic rings. The lowest BCUT2D eigenvalue weighted by Gasteiger charge is -2.09. The van der Waals surface area contributed by atoms with Crippen molar-refractivity contribution in [1.82, 2.24) is 15.0 Å². The zero-order valence-corrected chi connectivity index (χ0v) is 15.5. The molecule has 0 aliphatic carbocycles. The average molecular weight is 419 g/mol. The molecule has 28 heavy (non-hydrogen) atoms. The Morgan fingerprint density at radius 3 is 2.61 bits per heavy atom. The summed E-state index contributed by atoms with van der Waals surface area (Å²) >= 11 is 11.8. The van der Waals surface area contributed by atoms with Gasteiger partial charge in [0.1, 0.15) is 5.56 Å². The Hall–Kier alpha value is -3.36. The van der Waals surface area contributed by atoms with Gasteiger partial charge in [-0.2, -0.15) is 5.10 Å². The number of benzene rings is 2. The molecule has 3 rings (SSSR count). The second-order valence-corrected chi connectivity index (χ2v) is 6.33. The zero-order valence-electron chi connectivity index (χ0n) is 14.0. The van der Waals surface area contributed by atoms with E-state index in [1.165, 1.54) is 24.3 Å². The summed E-state index contributed by atoms with van der Waals surface area (Å²) in [5.41, 5.74) is 0.548. The summed E-state index contributed by atoms with van der Waals surface area (Å²) in [6, 6.07) is 12.4. The van der Waals surface area contributed by atoms with E-state index >= 15 is 0 Å². The average Bonchev–Trinajstić information content (AvgIpc) is 2.64. The van der Waals surface area contributed by atoms with Gasteiger partial charge >= 0.3 is 5.69 Å². The zero-order chi connectivity index (χ0) is 20.3. The number of hydrazone groups is 1. The van der Waals surface area contributed by atoms with Crippen LogP contribution < -0.4 is 16.7 Å². The second-order valence-electron chi connectivity index (χ2n) is 5.49. The fourth-order valence-electron chi connectivity index (χ4n) is 2.37. The molecule has 10 heteroatoms. The first kappa shape index (κ1) is 19.4. The molecular weight excluding hydrogens is 407 g/mol. The van der Waals surface area contributed by atoms with E-state index in [1.54, 1.807) is 24.3 Å². The highest BCUT2D eigenvalue weighted by Crippen LogP contribution is 2.18. The van der Waals surface area contributed by atoms with Gasteiger partial charge in [0, 0.05) is 5.02 Å². The Labute approximate surface area is 167 Å².